The van der Waals surface area contributed by atoms with Gasteiger partial charge in [0.05, 0.1) is 5.92 Å². The van der Waals surface area contributed by atoms with E-state index in [4.69, 9.17) is 9.47 Å². The van der Waals surface area contributed by atoms with E-state index in [0.717, 1.165) is 32.1 Å². The molecule has 154 valence electrons. The zero-order chi connectivity index (χ0) is 19.8. The molecule has 0 spiro atoms. The molecule has 28 heavy (non-hydrogen) atoms. The van der Waals surface area contributed by atoms with Crippen LogP contribution >= 0.6 is 0 Å². The Kier molecular flexibility index (Phi) is 4.07. The normalized spacial score (nSPS) is 51.9. The summed E-state index contributed by atoms with van der Waals surface area (Å²) >= 11 is 0. The second-order valence-electron chi connectivity index (χ2n) is 10.9. The first-order chi connectivity index (χ1) is 13.2. The molecule has 5 rings (SSSR count). The molecule has 0 aromatic heterocycles. The van der Waals surface area contributed by atoms with Crippen LogP contribution in [0, 0.1) is 40.4 Å². The molecule has 9 atom stereocenters. The molecule has 0 bridgehead atoms. The van der Waals surface area contributed by atoms with Crippen molar-refractivity contribution < 1.29 is 19.1 Å². The molecule has 0 aromatic rings. The van der Waals surface area contributed by atoms with E-state index in [2.05, 4.69) is 26.8 Å². The van der Waals surface area contributed by atoms with Gasteiger partial charge in [-0.05, 0) is 61.2 Å². The van der Waals surface area contributed by atoms with Crippen LogP contribution in [0.4, 0.5) is 0 Å². The lowest BCUT2D eigenvalue weighted by Crippen LogP contribution is -2.51. The second kappa shape index (κ2) is 6.09. The van der Waals surface area contributed by atoms with Crippen LogP contribution in [-0.4, -0.2) is 24.1 Å². The minimum Gasteiger partial charge on any atom is -0.462 e. The first-order valence-corrected chi connectivity index (χ1v) is 11.3. The summed E-state index contributed by atoms with van der Waals surface area (Å²) < 4.78 is 11.5. The molecule has 4 heteroatoms. The predicted molar refractivity (Wildman–Crippen MR) is 105 cm³/mol. The number of fused-ring (bicyclic) bond motifs is 7. The molecule has 3 saturated carbocycles. The van der Waals surface area contributed by atoms with Crippen molar-refractivity contribution in [2.75, 3.05) is 0 Å². The third-order valence-electron chi connectivity index (χ3n) is 9.51. The maximum absolute atomic E-state index is 12.3. The first-order valence-electron chi connectivity index (χ1n) is 11.3. The molecule has 1 aliphatic heterocycles. The zero-order valence-electron chi connectivity index (χ0n) is 17.7. The average molecular weight is 387 g/mol. The number of carbonyl (C=O) groups is 2. The molecule has 4 nitrogen and oxygen atoms in total. The molecule has 1 saturated heterocycles. The van der Waals surface area contributed by atoms with Crippen molar-refractivity contribution >= 4 is 11.9 Å². The van der Waals surface area contributed by atoms with Crippen molar-refractivity contribution in [3.8, 4) is 0 Å². The fourth-order valence-corrected chi connectivity index (χ4v) is 8.13. The van der Waals surface area contributed by atoms with Gasteiger partial charge in [0.25, 0.3) is 0 Å². The average Bonchev–Trinajstić information content (AvgIpc) is 3.07. The SMILES string of the molecule is CC(=O)O[C@H]1CC[C@@]2(C)C(=CC[C@H]3[C@@H]4[C@@H]5OC(=O)[C@@H](C)[C@@H]5C[C@@]4(C)CC[C@@H]32)C1. The van der Waals surface area contributed by atoms with Gasteiger partial charge in [-0.1, -0.05) is 32.4 Å². The number of allylic oxidation sites excluding steroid dienone is 1. The van der Waals surface area contributed by atoms with Crippen LogP contribution in [-0.2, 0) is 19.1 Å². The van der Waals surface area contributed by atoms with Crippen LogP contribution < -0.4 is 0 Å². The van der Waals surface area contributed by atoms with Crippen molar-refractivity contribution in [2.45, 2.75) is 84.8 Å². The summed E-state index contributed by atoms with van der Waals surface area (Å²) in [5.41, 5.74) is 2.05. The van der Waals surface area contributed by atoms with Gasteiger partial charge in [-0.25, -0.2) is 0 Å². The maximum Gasteiger partial charge on any atom is 0.309 e. The summed E-state index contributed by atoms with van der Waals surface area (Å²) in [6.45, 7) is 8.51. The number of hydrogen-bond acceptors (Lipinski definition) is 4. The minimum atomic E-state index is -0.162. The summed E-state index contributed by atoms with van der Waals surface area (Å²) in [7, 11) is 0. The summed E-state index contributed by atoms with van der Waals surface area (Å²) in [4.78, 5) is 23.7. The van der Waals surface area contributed by atoms with E-state index in [-0.39, 0.29) is 35.5 Å². The number of carbonyl (C=O) groups excluding carboxylic acids is 2. The molecular formula is C24H34O4. The molecule has 5 aliphatic rings. The van der Waals surface area contributed by atoms with Gasteiger partial charge in [-0.2, -0.15) is 0 Å². The van der Waals surface area contributed by atoms with Crippen molar-refractivity contribution in [1.82, 2.24) is 0 Å². The Bertz CT molecular complexity index is 741. The van der Waals surface area contributed by atoms with Crippen molar-refractivity contribution in [1.29, 1.82) is 0 Å². The standard InChI is InChI=1S/C24H34O4/c1-13-18-12-23(3)9-8-19-17(20(23)21(18)28-22(13)26)6-5-15-11-16(27-14(2)25)7-10-24(15,19)4/h5,13,16-21H,6-12H2,1-4H3/t13-,16-,17+,18-,19-,20+,21+,23+,24-/m0/s1. The topological polar surface area (TPSA) is 52.6 Å². The van der Waals surface area contributed by atoms with E-state index in [1.807, 2.05) is 0 Å². The van der Waals surface area contributed by atoms with E-state index < -0.39 is 0 Å². The van der Waals surface area contributed by atoms with E-state index in [0.29, 0.717) is 29.1 Å². The molecule has 0 aromatic carbocycles. The molecule has 4 aliphatic carbocycles. The van der Waals surface area contributed by atoms with Gasteiger partial charge in [-0.15, -0.1) is 0 Å². The van der Waals surface area contributed by atoms with E-state index in [1.165, 1.54) is 25.3 Å². The van der Waals surface area contributed by atoms with E-state index >= 15 is 0 Å². The maximum atomic E-state index is 12.3. The Morgan fingerprint density at radius 2 is 2.00 bits per heavy atom. The molecule has 4 fully saturated rings. The molecule has 0 radical (unpaired) electrons. The van der Waals surface area contributed by atoms with Gasteiger partial charge in [-0.3, -0.25) is 9.59 Å². The van der Waals surface area contributed by atoms with Crippen LogP contribution in [0.2, 0.25) is 0 Å². The van der Waals surface area contributed by atoms with Gasteiger partial charge in [0.15, 0.2) is 0 Å². The number of esters is 2. The van der Waals surface area contributed by atoms with Gasteiger partial charge in [0.2, 0.25) is 0 Å². The fourth-order valence-electron chi connectivity index (χ4n) is 8.13. The largest absolute Gasteiger partial charge is 0.462 e. The molecular weight excluding hydrogens is 352 g/mol. The Morgan fingerprint density at radius 3 is 2.75 bits per heavy atom. The van der Waals surface area contributed by atoms with Gasteiger partial charge in [0, 0.05) is 25.2 Å². The Labute approximate surface area is 168 Å². The number of rotatable bonds is 1. The molecule has 0 amide bonds. The first kappa shape index (κ1) is 18.7. The Hall–Kier alpha value is -1.32. The minimum absolute atomic E-state index is 0.0271. The van der Waals surface area contributed by atoms with Crippen LogP contribution in [0.5, 0.6) is 0 Å². The summed E-state index contributed by atoms with van der Waals surface area (Å²) in [5, 5.41) is 0. The highest BCUT2D eigenvalue weighted by molar-refractivity contribution is 5.75. The van der Waals surface area contributed by atoms with Gasteiger partial charge >= 0.3 is 11.9 Å². The monoisotopic (exact) mass is 386 g/mol. The van der Waals surface area contributed by atoms with Crippen LogP contribution in [0.3, 0.4) is 0 Å². The predicted octanol–water partition coefficient (Wildman–Crippen LogP) is 4.67. The highest BCUT2D eigenvalue weighted by atomic mass is 16.6. The van der Waals surface area contributed by atoms with Crippen molar-refractivity contribution in [2.24, 2.45) is 40.4 Å². The number of hydrogen-bond donors (Lipinski definition) is 0. The van der Waals surface area contributed by atoms with Crippen molar-refractivity contribution in [3.63, 3.8) is 0 Å². The number of ether oxygens (including phenoxy) is 2. The van der Waals surface area contributed by atoms with Gasteiger partial charge in [0.1, 0.15) is 12.2 Å². The summed E-state index contributed by atoms with van der Waals surface area (Å²) in [5.74, 6) is 2.13. The highest BCUT2D eigenvalue weighted by Gasteiger charge is 2.65. The highest BCUT2D eigenvalue weighted by Crippen LogP contribution is 2.67. The second-order valence-corrected chi connectivity index (χ2v) is 10.9. The van der Waals surface area contributed by atoms with Crippen LogP contribution in [0.15, 0.2) is 11.6 Å². The zero-order valence-corrected chi connectivity index (χ0v) is 17.7. The third-order valence-corrected chi connectivity index (χ3v) is 9.51. The smallest absolute Gasteiger partial charge is 0.309 e. The molecule has 0 unspecified atom stereocenters. The lowest BCUT2D eigenvalue weighted by Gasteiger charge is -2.57. The lowest BCUT2D eigenvalue weighted by molar-refractivity contribution is -0.153. The van der Waals surface area contributed by atoms with E-state index in [1.54, 1.807) is 0 Å². The quantitative estimate of drug-likeness (QED) is 0.485. The Morgan fingerprint density at radius 1 is 1.21 bits per heavy atom. The fraction of sp³-hybridized carbons (Fsp3) is 0.833. The molecule has 1 heterocycles. The van der Waals surface area contributed by atoms with Crippen LogP contribution in [0.25, 0.3) is 0 Å². The third kappa shape index (κ3) is 2.48. The summed E-state index contributed by atoms with van der Waals surface area (Å²) in [6.07, 6.45) is 10.4. The van der Waals surface area contributed by atoms with Crippen LogP contribution in [0.1, 0.15) is 72.6 Å². The molecule has 0 N–H and O–H groups in total. The lowest BCUT2D eigenvalue weighted by atomic mass is 9.48. The Balaban J connectivity index is 1.44. The van der Waals surface area contributed by atoms with E-state index in [9.17, 15) is 9.59 Å². The van der Waals surface area contributed by atoms with Gasteiger partial charge < -0.3 is 9.47 Å². The summed E-state index contributed by atoms with van der Waals surface area (Å²) in [6, 6.07) is 0. The van der Waals surface area contributed by atoms with Crippen molar-refractivity contribution in [3.05, 3.63) is 11.6 Å².